The highest BCUT2D eigenvalue weighted by atomic mass is 16.6. The van der Waals surface area contributed by atoms with Crippen LogP contribution in [0.15, 0.2) is 24.3 Å². The molecule has 30 heavy (non-hydrogen) atoms. The van der Waals surface area contributed by atoms with E-state index in [1.165, 1.54) is 5.56 Å². The van der Waals surface area contributed by atoms with Crippen LogP contribution in [0.4, 0.5) is 0 Å². The number of hydrogen-bond donors (Lipinski definition) is 0. The maximum absolute atomic E-state index is 13.3. The van der Waals surface area contributed by atoms with Crippen molar-refractivity contribution in [3.63, 3.8) is 0 Å². The van der Waals surface area contributed by atoms with Gasteiger partial charge in [0, 0.05) is 0 Å². The third-order valence-electron chi connectivity index (χ3n) is 8.01. The molecule has 1 aromatic rings. The molecule has 164 valence electrons. The van der Waals surface area contributed by atoms with Crippen LogP contribution in [-0.4, -0.2) is 18.0 Å². The van der Waals surface area contributed by atoms with Crippen molar-refractivity contribution >= 4 is 11.9 Å². The molecule has 0 spiro atoms. The van der Waals surface area contributed by atoms with Crippen molar-refractivity contribution in [1.82, 2.24) is 0 Å². The largest absolute Gasteiger partial charge is 0.462 e. The molecule has 1 aromatic carbocycles. The Hall–Kier alpha value is -1.84. The molecule has 0 aliphatic heterocycles. The molecule has 4 saturated carbocycles. The summed E-state index contributed by atoms with van der Waals surface area (Å²) in [5.74, 6) is 1.43. The summed E-state index contributed by atoms with van der Waals surface area (Å²) < 4.78 is 12.1. The first-order valence-corrected chi connectivity index (χ1v) is 11.7. The van der Waals surface area contributed by atoms with Crippen LogP contribution in [0.5, 0.6) is 0 Å². The van der Waals surface area contributed by atoms with Crippen LogP contribution in [0.25, 0.3) is 0 Å². The fourth-order valence-electron chi connectivity index (χ4n) is 6.16. The summed E-state index contributed by atoms with van der Waals surface area (Å²) in [6.07, 6.45) is 4.80. The fraction of sp³-hybridized carbons (Fsp3) is 0.692. The molecule has 4 aliphatic rings. The standard InChI is InChI=1S/C26H36O4/c1-6-16(3)24(27)29-23-19-11-17-12-20(23)14-18(13-19)22(17)25(28)30-26(4,5)21-9-7-15(2)8-10-21/h7-10,16-20,22-23H,6,11-14H2,1-5H3. The number of hydrogen-bond acceptors (Lipinski definition) is 4. The van der Waals surface area contributed by atoms with Crippen LogP contribution in [0.3, 0.4) is 0 Å². The molecule has 1 atom stereocenters. The predicted molar refractivity (Wildman–Crippen MR) is 116 cm³/mol. The number of carbonyl (C=O) groups excluding carboxylic acids is 2. The molecule has 5 rings (SSSR count). The smallest absolute Gasteiger partial charge is 0.310 e. The Morgan fingerprint density at radius 2 is 1.53 bits per heavy atom. The Morgan fingerprint density at radius 3 is 2.03 bits per heavy atom. The number of aryl methyl sites for hydroxylation is 1. The van der Waals surface area contributed by atoms with Crippen molar-refractivity contribution in [2.75, 3.05) is 0 Å². The third-order valence-corrected chi connectivity index (χ3v) is 8.01. The van der Waals surface area contributed by atoms with Crippen LogP contribution in [-0.2, 0) is 24.7 Å². The minimum absolute atomic E-state index is 0.00607. The van der Waals surface area contributed by atoms with Crippen LogP contribution >= 0.6 is 0 Å². The van der Waals surface area contributed by atoms with E-state index >= 15 is 0 Å². The highest BCUT2D eigenvalue weighted by Gasteiger charge is 2.57. The molecule has 0 amide bonds. The minimum Gasteiger partial charge on any atom is -0.462 e. The zero-order chi connectivity index (χ0) is 21.6. The number of carbonyl (C=O) groups is 2. The second-order valence-electron chi connectivity index (χ2n) is 10.5. The SMILES string of the molecule is CCC(C)C(=O)OC1C2CC3CC1CC(C2)C3C(=O)OC(C)(C)c1ccc(C)cc1. The zero-order valence-electron chi connectivity index (χ0n) is 19.0. The lowest BCUT2D eigenvalue weighted by Crippen LogP contribution is -2.56. The topological polar surface area (TPSA) is 52.6 Å². The molecule has 4 heteroatoms. The van der Waals surface area contributed by atoms with E-state index in [1.54, 1.807) is 0 Å². The van der Waals surface area contributed by atoms with E-state index in [0.29, 0.717) is 23.7 Å². The lowest BCUT2D eigenvalue weighted by atomic mass is 9.50. The van der Waals surface area contributed by atoms with Crippen molar-refractivity contribution in [3.8, 4) is 0 Å². The van der Waals surface area contributed by atoms with Crippen LogP contribution < -0.4 is 0 Å². The van der Waals surface area contributed by atoms with Gasteiger partial charge in [0.05, 0.1) is 11.8 Å². The summed E-state index contributed by atoms with van der Waals surface area (Å²) in [5, 5.41) is 0. The average molecular weight is 413 g/mol. The van der Waals surface area contributed by atoms with Gasteiger partial charge >= 0.3 is 11.9 Å². The highest BCUT2D eigenvalue weighted by Crippen LogP contribution is 2.58. The summed E-state index contributed by atoms with van der Waals surface area (Å²) in [7, 11) is 0. The van der Waals surface area contributed by atoms with E-state index in [4.69, 9.17) is 9.47 Å². The number of esters is 2. The van der Waals surface area contributed by atoms with Gasteiger partial charge in [0.1, 0.15) is 11.7 Å². The second kappa shape index (κ2) is 8.01. The predicted octanol–water partition coefficient (Wildman–Crippen LogP) is 5.41. The molecule has 4 fully saturated rings. The van der Waals surface area contributed by atoms with Gasteiger partial charge in [0.15, 0.2) is 0 Å². The summed E-state index contributed by atoms with van der Waals surface area (Å²) in [6, 6.07) is 8.23. The Bertz CT molecular complexity index is 764. The van der Waals surface area contributed by atoms with Crippen molar-refractivity contribution in [2.24, 2.45) is 35.5 Å². The fourth-order valence-corrected chi connectivity index (χ4v) is 6.16. The summed E-state index contributed by atoms with van der Waals surface area (Å²) in [5.41, 5.74) is 1.60. The van der Waals surface area contributed by atoms with E-state index in [2.05, 4.69) is 31.2 Å². The van der Waals surface area contributed by atoms with Gasteiger partial charge in [0.2, 0.25) is 0 Å². The van der Waals surface area contributed by atoms with E-state index in [1.807, 2.05) is 27.7 Å². The molecule has 0 N–H and O–H groups in total. The Balaban J connectivity index is 1.41. The van der Waals surface area contributed by atoms with E-state index < -0.39 is 5.60 Å². The van der Waals surface area contributed by atoms with Crippen molar-refractivity contribution in [3.05, 3.63) is 35.4 Å². The number of rotatable bonds is 6. The van der Waals surface area contributed by atoms with Gasteiger partial charge < -0.3 is 9.47 Å². The lowest BCUT2D eigenvalue weighted by Gasteiger charge is -2.56. The van der Waals surface area contributed by atoms with Gasteiger partial charge in [-0.05, 0) is 82.1 Å². The number of ether oxygens (including phenoxy) is 2. The van der Waals surface area contributed by atoms with Crippen molar-refractivity contribution in [1.29, 1.82) is 0 Å². The molecule has 1 unspecified atom stereocenters. The molecule has 0 radical (unpaired) electrons. The van der Waals surface area contributed by atoms with Gasteiger partial charge in [-0.15, -0.1) is 0 Å². The Kier molecular flexibility index (Phi) is 5.71. The van der Waals surface area contributed by atoms with Crippen molar-refractivity contribution in [2.45, 2.75) is 78.4 Å². The van der Waals surface area contributed by atoms with E-state index in [-0.39, 0.29) is 29.9 Å². The first kappa shape index (κ1) is 21.4. The lowest BCUT2D eigenvalue weighted by molar-refractivity contribution is -0.195. The quantitative estimate of drug-likeness (QED) is 0.586. The van der Waals surface area contributed by atoms with Gasteiger partial charge in [-0.3, -0.25) is 9.59 Å². The molecule has 0 aromatic heterocycles. The molecule has 4 aliphatic carbocycles. The van der Waals surface area contributed by atoms with Gasteiger partial charge in [-0.25, -0.2) is 0 Å². The van der Waals surface area contributed by atoms with E-state index in [9.17, 15) is 9.59 Å². The average Bonchev–Trinajstić information content (AvgIpc) is 2.69. The maximum atomic E-state index is 13.3. The van der Waals surface area contributed by atoms with Gasteiger partial charge in [0.25, 0.3) is 0 Å². The first-order chi connectivity index (χ1) is 14.2. The van der Waals surface area contributed by atoms with Crippen molar-refractivity contribution < 1.29 is 19.1 Å². The molecule has 4 bridgehead atoms. The second-order valence-corrected chi connectivity index (χ2v) is 10.5. The number of benzene rings is 1. The zero-order valence-corrected chi connectivity index (χ0v) is 19.0. The molecule has 4 nitrogen and oxygen atoms in total. The summed E-state index contributed by atoms with van der Waals surface area (Å²) in [4.78, 5) is 25.6. The normalized spacial score (nSPS) is 33.2. The highest BCUT2D eigenvalue weighted by molar-refractivity contribution is 5.74. The first-order valence-electron chi connectivity index (χ1n) is 11.7. The molecule has 0 saturated heterocycles. The van der Waals surface area contributed by atoms with E-state index in [0.717, 1.165) is 37.7 Å². The monoisotopic (exact) mass is 412 g/mol. The van der Waals surface area contributed by atoms with Crippen LogP contribution in [0.2, 0.25) is 0 Å². The summed E-state index contributed by atoms with van der Waals surface area (Å²) >= 11 is 0. The van der Waals surface area contributed by atoms with Gasteiger partial charge in [-0.1, -0.05) is 43.7 Å². The summed E-state index contributed by atoms with van der Waals surface area (Å²) in [6.45, 7) is 9.99. The van der Waals surface area contributed by atoms with Crippen LogP contribution in [0.1, 0.15) is 70.9 Å². The van der Waals surface area contributed by atoms with Crippen LogP contribution in [0, 0.1) is 42.4 Å². The Labute approximate surface area is 180 Å². The maximum Gasteiger partial charge on any atom is 0.310 e. The molecular weight excluding hydrogens is 376 g/mol. The molecule has 0 heterocycles. The Morgan fingerprint density at radius 1 is 1.00 bits per heavy atom. The van der Waals surface area contributed by atoms with Gasteiger partial charge in [-0.2, -0.15) is 0 Å². The minimum atomic E-state index is -0.631. The third kappa shape index (κ3) is 3.90. The molecular formula is C26H36O4.